The van der Waals surface area contributed by atoms with E-state index >= 15 is 0 Å². The maximum absolute atomic E-state index is 14.2. The number of rotatable bonds is 6. The highest BCUT2D eigenvalue weighted by molar-refractivity contribution is 5.97. The fourth-order valence-electron chi connectivity index (χ4n) is 2.67. The second-order valence-electron chi connectivity index (χ2n) is 5.55. The molecule has 21 heavy (non-hydrogen) atoms. The molecule has 1 heterocycles. The zero-order chi connectivity index (χ0) is 15.2. The Morgan fingerprint density at radius 1 is 1.48 bits per heavy atom. The van der Waals surface area contributed by atoms with Crippen LogP contribution in [0.2, 0.25) is 0 Å². The third-order valence-corrected chi connectivity index (χ3v) is 3.83. The summed E-state index contributed by atoms with van der Waals surface area (Å²) >= 11 is 0. The van der Waals surface area contributed by atoms with Crippen molar-refractivity contribution in [1.82, 2.24) is 10.2 Å². The molecule has 0 aromatic heterocycles. The highest BCUT2D eigenvalue weighted by Crippen LogP contribution is 2.13. The van der Waals surface area contributed by atoms with Crippen molar-refractivity contribution in [2.45, 2.75) is 32.4 Å². The molecule has 2 rings (SSSR count). The molecule has 1 fully saturated rings. The molecule has 0 amide bonds. The zero-order valence-corrected chi connectivity index (χ0v) is 12.3. The van der Waals surface area contributed by atoms with Crippen LogP contribution in [0.1, 0.15) is 30.9 Å². The molecule has 6 heteroatoms. The number of likely N-dealkylation sites (tertiary alicyclic amines) is 1. The van der Waals surface area contributed by atoms with Crippen molar-refractivity contribution >= 4 is 5.84 Å². The fraction of sp³-hybridized carbons (Fsp3) is 0.533. The van der Waals surface area contributed by atoms with E-state index in [1.54, 1.807) is 12.1 Å². The van der Waals surface area contributed by atoms with Crippen LogP contribution in [0.25, 0.3) is 0 Å². The molecule has 116 valence electrons. The Kier molecular flexibility index (Phi) is 5.52. The maximum Gasteiger partial charge on any atom is 0.173 e. The molecule has 0 bridgehead atoms. The topological polar surface area (TPSA) is 73.9 Å². The van der Waals surface area contributed by atoms with Crippen molar-refractivity contribution in [3.05, 3.63) is 35.1 Å². The minimum Gasteiger partial charge on any atom is -0.409 e. The summed E-state index contributed by atoms with van der Waals surface area (Å²) in [6, 6.07) is 5.20. The molecule has 1 saturated heterocycles. The summed E-state index contributed by atoms with van der Waals surface area (Å²) < 4.78 is 14.2. The second-order valence-corrected chi connectivity index (χ2v) is 5.55. The average Bonchev–Trinajstić information content (AvgIpc) is 2.98. The molecule has 1 unspecified atom stereocenters. The van der Waals surface area contributed by atoms with Gasteiger partial charge in [-0.2, -0.15) is 0 Å². The third kappa shape index (κ3) is 4.15. The Morgan fingerprint density at radius 2 is 2.19 bits per heavy atom. The van der Waals surface area contributed by atoms with E-state index in [1.807, 2.05) is 0 Å². The molecular formula is C15H23FN4O. The van der Waals surface area contributed by atoms with Gasteiger partial charge >= 0.3 is 0 Å². The number of nitrogens with zero attached hydrogens (tertiary/aromatic N) is 2. The van der Waals surface area contributed by atoms with E-state index in [4.69, 9.17) is 10.9 Å². The SMILES string of the molecule is CC(CN1CCCC1)NCc1cccc(/C(N)=N/O)c1F. The predicted molar refractivity (Wildman–Crippen MR) is 80.9 cm³/mol. The summed E-state index contributed by atoms with van der Waals surface area (Å²) in [5.41, 5.74) is 6.11. The van der Waals surface area contributed by atoms with Crippen LogP contribution < -0.4 is 11.1 Å². The van der Waals surface area contributed by atoms with Crippen molar-refractivity contribution in [3.63, 3.8) is 0 Å². The van der Waals surface area contributed by atoms with E-state index in [-0.39, 0.29) is 17.4 Å². The lowest BCUT2D eigenvalue weighted by Gasteiger charge is -2.21. The normalized spacial score (nSPS) is 18.1. The van der Waals surface area contributed by atoms with Gasteiger partial charge in [0.2, 0.25) is 0 Å². The van der Waals surface area contributed by atoms with Gasteiger partial charge in [0, 0.05) is 24.7 Å². The van der Waals surface area contributed by atoms with Gasteiger partial charge in [-0.25, -0.2) is 4.39 Å². The largest absolute Gasteiger partial charge is 0.409 e. The molecule has 0 saturated carbocycles. The van der Waals surface area contributed by atoms with E-state index in [0.29, 0.717) is 12.1 Å². The molecular weight excluding hydrogens is 271 g/mol. The molecule has 0 radical (unpaired) electrons. The summed E-state index contributed by atoms with van der Waals surface area (Å²) in [7, 11) is 0. The predicted octanol–water partition coefficient (Wildman–Crippen LogP) is 1.49. The third-order valence-electron chi connectivity index (χ3n) is 3.83. The lowest BCUT2D eigenvalue weighted by atomic mass is 10.1. The molecule has 5 nitrogen and oxygen atoms in total. The van der Waals surface area contributed by atoms with Crippen LogP contribution in [-0.2, 0) is 6.54 Å². The van der Waals surface area contributed by atoms with Gasteiger partial charge in [-0.1, -0.05) is 17.3 Å². The smallest absolute Gasteiger partial charge is 0.173 e. The quantitative estimate of drug-likeness (QED) is 0.322. The Balaban J connectivity index is 1.93. The Bertz CT molecular complexity index is 500. The first-order chi connectivity index (χ1) is 10.1. The van der Waals surface area contributed by atoms with Gasteiger partial charge in [0.15, 0.2) is 5.84 Å². The standard InChI is InChI=1S/C15H23FN4O/c1-11(10-20-7-2-3-8-20)18-9-12-5-4-6-13(14(12)16)15(17)19-21/h4-6,11,18,21H,2-3,7-10H2,1H3,(H2,17,19). The van der Waals surface area contributed by atoms with Gasteiger partial charge in [0.05, 0.1) is 5.56 Å². The number of nitrogens with one attached hydrogen (secondary N) is 1. The summed E-state index contributed by atoms with van der Waals surface area (Å²) in [5.74, 6) is -0.645. The molecule has 0 spiro atoms. The maximum atomic E-state index is 14.2. The van der Waals surface area contributed by atoms with Gasteiger partial charge in [-0.15, -0.1) is 0 Å². The monoisotopic (exact) mass is 294 g/mol. The highest BCUT2D eigenvalue weighted by Gasteiger charge is 2.15. The van der Waals surface area contributed by atoms with Crippen LogP contribution in [0, 0.1) is 5.82 Å². The molecule has 1 aromatic carbocycles. The number of nitrogens with two attached hydrogens (primary N) is 1. The first kappa shape index (κ1) is 15.7. The van der Waals surface area contributed by atoms with Crippen molar-refractivity contribution < 1.29 is 9.60 Å². The number of oxime groups is 1. The average molecular weight is 294 g/mol. The van der Waals surface area contributed by atoms with E-state index in [2.05, 4.69) is 22.3 Å². The van der Waals surface area contributed by atoms with Crippen molar-refractivity contribution in [3.8, 4) is 0 Å². The van der Waals surface area contributed by atoms with Crippen molar-refractivity contribution in [1.29, 1.82) is 0 Å². The van der Waals surface area contributed by atoms with Crippen LogP contribution in [0.5, 0.6) is 0 Å². The van der Waals surface area contributed by atoms with E-state index in [9.17, 15) is 4.39 Å². The van der Waals surface area contributed by atoms with Gasteiger partial charge in [-0.3, -0.25) is 0 Å². The Labute approximate surface area is 124 Å². The molecule has 0 aliphatic carbocycles. The number of hydrogen-bond acceptors (Lipinski definition) is 4. The molecule has 1 atom stereocenters. The molecule has 1 aromatic rings. The van der Waals surface area contributed by atoms with Crippen molar-refractivity contribution in [2.75, 3.05) is 19.6 Å². The molecule has 4 N–H and O–H groups in total. The van der Waals surface area contributed by atoms with Crippen LogP contribution in [0.4, 0.5) is 4.39 Å². The lowest BCUT2D eigenvalue weighted by molar-refractivity contribution is 0.297. The van der Waals surface area contributed by atoms with Crippen molar-refractivity contribution in [2.24, 2.45) is 10.9 Å². The van der Waals surface area contributed by atoms with E-state index in [1.165, 1.54) is 18.9 Å². The van der Waals surface area contributed by atoms with Gasteiger partial charge < -0.3 is 21.2 Å². The zero-order valence-electron chi connectivity index (χ0n) is 12.3. The van der Waals surface area contributed by atoms with Gasteiger partial charge in [-0.05, 0) is 38.9 Å². The summed E-state index contributed by atoms with van der Waals surface area (Å²) in [4.78, 5) is 2.42. The minimum absolute atomic E-state index is 0.129. The first-order valence-electron chi connectivity index (χ1n) is 7.33. The number of halogens is 1. The van der Waals surface area contributed by atoms with Crippen LogP contribution >= 0.6 is 0 Å². The highest BCUT2D eigenvalue weighted by atomic mass is 19.1. The fourth-order valence-corrected chi connectivity index (χ4v) is 2.67. The number of benzene rings is 1. The minimum atomic E-state index is -0.436. The summed E-state index contributed by atoms with van der Waals surface area (Å²) in [6.45, 7) is 5.80. The molecule has 1 aliphatic rings. The number of amidine groups is 1. The Hall–Kier alpha value is -1.66. The lowest BCUT2D eigenvalue weighted by Crippen LogP contribution is -2.37. The second kappa shape index (κ2) is 7.38. The van der Waals surface area contributed by atoms with Crippen LogP contribution in [0.3, 0.4) is 0 Å². The Morgan fingerprint density at radius 3 is 2.86 bits per heavy atom. The number of hydrogen-bond donors (Lipinski definition) is 3. The van der Waals surface area contributed by atoms with Crippen LogP contribution in [-0.4, -0.2) is 41.6 Å². The summed E-state index contributed by atoms with van der Waals surface area (Å²) in [5, 5.41) is 14.8. The van der Waals surface area contributed by atoms with Gasteiger partial charge in [0.1, 0.15) is 5.82 Å². The van der Waals surface area contributed by atoms with Crippen LogP contribution in [0.15, 0.2) is 23.4 Å². The van der Waals surface area contributed by atoms with E-state index in [0.717, 1.165) is 19.6 Å². The summed E-state index contributed by atoms with van der Waals surface area (Å²) in [6.07, 6.45) is 2.53. The first-order valence-corrected chi connectivity index (χ1v) is 7.33. The molecule has 1 aliphatic heterocycles. The van der Waals surface area contributed by atoms with E-state index < -0.39 is 5.82 Å². The van der Waals surface area contributed by atoms with Gasteiger partial charge in [0.25, 0.3) is 0 Å².